The molecule has 2 heteroatoms. The quantitative estimate of drug-likeness (QED) is 0.610. The van der Waals surface area contributed by atoms with Crippen LogP contribution in [0.5, 0.6) is 0 Å². The van der Waals surface area contributed by atoms with Crippen molar-refractivity contribution in [1.29, 1.82) is 0 Å². The molecule has 0 aromatic carbocycles. The molecular weight excluding hydrogens is 140 g/mol. The van der Waals surface area contributed by atoms with Crippen LogP contribution in [0, 0.1) is 12.3 Å². The van der Waals surface area contributed by atoms with E-state index in [4.69, 9.17) is 9.47 Å². The Morgan fingerprint density at radius 2 is 1.55 bits per heavy atom. The fourth-order valence-electron chi connectivity index (χ4n) is 0.940. The van der Waals surface area contributed by atoms with Crippen molar-refractivity contribution in [2.75, 3.05) is 14.2 Å². The van der Waals surface area contributed by atoms with E-state index in [1.165, 1.54) is 0 Å². The van der Waals surface area contributed by atoms with E-state index < -0.39 is 0 Å². The zero-order chi connectivity index (χ0) is 8.85. The van der Waals surface area contributed by atoms with Crippen LogP contribution in [0.25, 0.3) is 0 Å². The van der Waals surface area contributed by atoms with Gasteiger partial charge >= 0.3 is 0 Å². The van der Waals surface area contributed by atoms with Gasteiger partial charge in [-0.3, -0.25) is 0 Å². The van der Waals surface area contributed by atoms with Gasteiger partial charge in [-0.1, -0.05) is 13.8 Å². The summed E-state index contributed by atoms with van der Waals surface area (Å²) >= 11 is 0. The summed E-state index contributed by atoms with van der Waals surface area (Å²) < 4.78 is 10.4. The SMILES string of the molecule is COC(C)C([CH]C(C)C)OC. The normalized spacial score (nSPS) is 16.9. The largest absolute Gasteiger partial charge is 0.379 e. The van der Waals surface area contributed by atoms with Crippen molar-refractivity contribution in [3.63, 3.8) is 0 Å². The zero-order valence-corrected chi connectivity index (χ0v) is 8.13. The molecule has 0 saturated heterocycles. The molecule has 0 aromatic rings. The van der Waals surface area contributed by atoms with E-state index in [1.54, 1.807) is 14.2 Å². The molecule has 0 spiro atoms. The van der Waals surface area contributed by atoms with Crippen LogP contribution in [-0.4, -0.2) is 26.4 Å². The van der Waals surface area contributed by atoms with Crippen LogP contribution in [0.4, 0.5) is 0 Å². The average Bonchev–Trinajstić information content (AvgIpc) is 1.98. The molecule has 0 aliphatic heterocycles. The van der Waals surface area contributed by atoms with Gasteiger partial charge in [-0.05, 0) is 19.3 Å². The number of rotatable bonds is 5. The standard InChI is InChI=1S/C9H19O2/c1-7(2)6-9(11-5)8(3)10-4/h6-9H,1-5H3. The molecule has 1 radical (unpaired) electrons. The lowest BCUT2D eigenvalue weighted by atomic mass is 10.0. The molecule has 67 valence electrons. The van der Waals surface area contributed by atoms with Gasteiger partial charge in [0.15, 0.2) is 0 Å². The van der Waals surface area contributed by atoms with Crippen LogP contribution in [0.1, 0.15) is 20.8 Å². The molecule has 2 nitrogen and oxygen atoms in total. The predicted molar refractivity (Wildman–Crippen MR) is 46.4 cm³/mol. The summed E-state index contributed by atoms with van der Waals surface area (Å²) in [6, 6.07) is 0. The molecule has 0 saturated carbocycles. The summed E-state index contributed by atoms with van der Waals surface area (Å²) in [4.78, 5) is 0. The predicted octanol–water partition coefficient (Wildman–Crippen LogP) is 1.90. The molecule has 0 amide bonds. The highest BCUT2D eigenvalue weighted by Gasteiger charge is 2.17. The van der Waals surface area contributed by atoms with E-state index >= 15 is 0 Å². The molecule has 0 bridgehead atoms. The van der Waals surface area contributed by atoms with E-state index in [0.29, 0.717) is 5.92 Å². The molecular formula is C9H19O2. The van der Waals surface area contributed by atoms with Crippen molar-refractivity contribution < 1.29 is 9.47 Å². The second-order valence-corrected chi connectivity index (χ2v) is 3.08. The lowest BCUT2D eigenvalue weighted by molar-refractivity contribution is -0.0126. The van der Waals surface area contributed by atoms with Crippen molar-refractivity contribution in [2.45, 2.75) is 33.0 Å². The van der Waals surface area contributed by atoms with Crippen molar-refractivity contribution in [3.05, 3.63) is 6.42 Å². The summed E-state index contributed by atoms with van der Waals surface area (Å²) in [7, 11) is 3.41. The minimum absolute atomic E-state index is 0.111. The Hall–Kier alpha value is -0.0800. The lowest BCUT2D eigenvalue weighted by Gasteiger charge is -2.22. The van der Waals surface area contributed by atoms with E-state index in [0.717, 1.165) is 0 Å². The van der Waals surface area contributed by atoms with Crippen LogP contribution < -0.4 is 0 Å². The van der Waals surface area contributed by atoms with Gasteiger partial charge in [0.05, 0.1) is 12.2 Å². The van der Waals surface area contributed by atoms with E-state index in [2.05, 4.69) is 20.3 Å². The molecule has 2 atom stereocenters. The van der Waals surface area contributed by atoms with Gasteiger partial charge in [0, 0.05) is 14.2 Å². The smallest absolute Gasteiger partial charge is 0.0864 e. The van der Waals surface area contributed by atoms with E-state index in [9.17, 15) is 0 Å². The molecule has 0 aliphatic carbocycles. The maximum Gasteiger partial charge on any atom is 0.0864 e. The number of hydrogen-bond donors (Lipinski definition) is 0. The Kier molecular flexibility index (Phi) is 5.51. The van der Waals surface area contributed by atoms with Crippen LogP contribution >= 0.6 is 0 Å². The highest BCUT2D eigenvalue weighted by atomic mass is 16.5. The minimum atomic E-state index is 0.111. The Balaban J connectivity index is 3.74. The van der Waals surface area contributed by atoms with Gasteiger partial charge < -0.3 is 9.47 Å². The minimum Gasteiger partial charge on any atom is -0.379 e. The van der Waals surface area contributed by atoms with E-state index in [1.807, 2.05) is 6.92 Å². The van der Waals surface area contributed by atoms with Crippen LogP contribution in [0.2, 0.25) is 0 Å². The Morgan fingerprint density at radius 1 is 1.00 bits per heavy atom. The van der Waals surface area contributed by atoms with Gasteiger partial charge in [-0.15, -0.1) is 0 Å². The summed E-state index contributed by atoms with van der Waals surface area (Å²) in [6.45, 7) is 6.27. The maximum atomic E-state index is 5.23. The third kappa shape index (κ3) is 4.38. The third-order valence-corrected chi connectivity index (χ3v) is 1.68. The molecule has 0 fully saturated rings. The lowest BCUT2D eigenvalue weighted by Crippen LogP contribution is -2.29. The Bertz CT molecular complexity index is 91.6. The Labute approximate surface area is 69.9 Å². The van der Waals surface area contributed by atoms with Gasteiger partial charge in [-0.25, -0.2) is 0 Å². The highest BCUT2D eigenvalue weighted by Crippen LogP contribution is 2.11. The summed E-state index contributed by atoms with van der Waals surface area (Å²) in [5.74, 6) is 0.539. The molecule has 0 rings (SSSR count). The first kappa shape index (κ1) is 10.9. The van der Waals surface area contributed by atoms with Crippen molar-refractivity contribution in [3.8, 4) is 0 Å². The van der Waals surface area contributed by atoms with Crippen molar-refractivity contribution in [2.24, 2.45) is 5.92 Å². The van der Waals surface area contributed by atoms with Crippen LogP contribution in [0.3, 0.4) is 0 Å². The third-order valence-electron chi connectivity index (χ3n) is 1.68. The first-order valence-corrected chi connectivity index (χ1v) is 4.02. The fourth-order valence-corrected chi connectivity index (χ4v) is 0.940. The monoisotopic (exact) mass is 159 g/mol. The topological polar surface area (TPSA) is 18.5 Å². The first-order chi connectivity index (χ1) is 5.11. The second kappa shape index (κ2) is 5.56. The zero-order valence-electron chi connectivity index (χ0n) is 8.13. The number of methoxy groups -OCH3 is 2. The highest BCUT2D eigenvalue weighted by molar-refractivity contribution is 4.84. The summed E-state index contributed by atoms with van der Waals surface area (Å²) in [5, 5.41) is 0. The van der Waals surface area contributed by atoms with Crippen LogP contribution in [-0.2, 0) is 9.47 Å². The van der Waals surface area contributed by atoms with Crippen molar-refractivity contribution in [1.82, 2.24) is 0 Å². The van der Waals surface area contributed by atoms with Crippen molar-refractivity contribution >= 4 is 0 Å². The van der Waals surface area contributed by atoms with E-state index in [-0.39, 0.29) is 12.2 Å². The second-order valence-electron chi connectivity index (χ2n) is 3.08. The molecule has 2 unspecified atom stereocenters. The number of ether oxygens (including phenoxy) is 2. The van der Waals surface area contributed by atoms with Gasteiger partial charge in [0.1, 0.15) is 0 Å². The van der Waals surface area contributed by atoms with Gasteiger partial charge in [0.2, 0.25) is 0 Å². The summed E-state index contributed by atoms with van der Waals surface area (Å²) in [6.07, 6.45) is 2.40. The average molecular weight is 159 g/mol. The molecule has 0 heterocycles. The molecule has 0 aromatic heterocycles. The Morgan fingerprint density at radius 3 is 1.82 bits per heavy atom. The molecule has 11 heavy (non-hydrogen) atoms. The molecule has 0 N–H and O–H groups in total. The van der Waals surface area contributed by atoms with Crippen LogP contribution in [0.15, 0.2) is 0 Å². The first-order valence-electron chi connectivity index (χ1n) is 4.02. The maximum absolute atomic E-state index is 5.23. The van der Waals surface area contributed by atoms with Gasteiger partial charge in [-0.2, -0.15) is 0 Å². The van der Waals surface area contributed by atoms with Gasteiger partial charge in [0.25, 0.3) is 0 Å². The fraction of sp³-hybridized carbons (Fsp3) is 0.889. The molecule has 0 aliphatic rings. The number of hydrogen-bond acceptors (Lipinski definition) is 2. The summed E-state index contributed by atoms with van der Waals surface area (Å²) in [5.41, 5.74) is 0.